The molecule has 2 aliphatic rings. The lowest BCUT2D eigenvalue weighted by molar-refractivity contribution is -0.470. The van der Waals surface area contributed by atoms with Gasteiger partial charge in [0.25, 0.3) is 0 Å². The summed E-state index contributed by atoms with van der Waals surface area (Å²) in [5.74, 6) is -3.38. The number of carbonyl (C=O) groups is 1. The summed E-state index contributed by atoms with van der Waals surface area (Å²) in [6.07, 6.45) is -5.42. The molecule has 2 heterocycles. The van der Waals surface area contributed by atoms with E-state index in [1.165, 1.54) is 14.2 Å². The van der Waals surface area contributed by atoms with Gasteiger partial charge in [-0.2, -0.15) is 0 Å². The summed E-state index contributed by atoms with van der Waals surface area (Å²) in [4.78, 5) is 12.2. The molecule has 196 valence electrons. The number of hydrogen-bond acceptors (Lipinski definition) is 8. The van der Waals surface area contributed by atoms with E-state index in [0.717, 1.165) is 16.9 Å². The SMILES string of the molecule is COc1ccc(Cc2cc([C@@H]3OC(C(=O)O)[C@H]4OC(C)(OC)[C@@](C)(OC)OC4[C@H]3O)ccc2Cl)cc1. The molecule has 7 atom stereocenters. The van der Waals surface area contributed by atoms with Gasteiger partial charge in [-0.15, -0.1) is 0 Å². The van der Waals surface area contributed by atoms with Crippen molar-refractivity contribution < 1.29 is 43.4 Å². The van der Waals surface area contributed by atoms with Crippen LogP contribution in [0.2, 0.25) is 5.02 Å². The third kappa shape index (κ3) is 4.72. The molecule has 3 unspecified atom stereocenters. The third-order valence-electron chi connectivity index (χ3n) is 7.08. The Morgan fingerprint density at radius 3 is 2.17 bits per heavy atom. The summed E-state index contributed by atoms with van der Waals surface area (Å²) in [7, 11) is 4.42. The van der Waals surface area contributed by atoms with Crippen LogP contribution in [0.25, 0.3) is 0 Å². The minimum absolute atomic E-state index is 0.515. The molecular weight excluding hydrogens is 492 g/mol. The van der Waals surface area contributed by atoms with Gasteiger partial charge in [0.2, 0.25) is 11.6 Å². The van der Waals surface area contributed by atoms with Gasteiger partial charge >= 0.3 is 5.97 Å². The van der Waals surface area contributed by atoms with E-state index in [9.17, 15) is 15.0 Å². The number of rotatable bonds is 7. The Hall–Kier alpha value is -2.24. The van der Waals surface area contributed by atoms with Crippen molar-refractivity contribution in [2.75, 3.05) is 21.3 Å². The number of aliphatic hydroxyl groups excluding tert-OH is 1. The van der Waals surface area contributed by atoms with Crippen LogP contribution in [0.4, 0.5) is 0 Å². The van der Waals surface area contributed by atoms with E-state index in [1.807, 2.05) is 24.3 Å². The molecule has 0 aromatic heterocycles. The van der Waals surface area contributed by atoms with Crippen LogP contribution in [-0.4, -0.2) is 73.5 Å². The number of ether oxygens (including phenoxy) is 6. The Labute approximate surface area is 214 Å². The summed E-state index contributed by atoms with van der Waals surface area (Å²) >= 11 is 6.48. The van der Waals surface area contributed by atoms with Crippen molar-refractivity contribution in [3.05, 3.63) is 64.2 Å². The molecular formula is C26H31ClO9. The van der Waals surface area contributed by atoms with E-state index in [-0.39, 0.29) is 0 Å². The lowest BCUT2D eigenvalue weighted by atomic mass is 9.87. The lowest BCUT2D eigenvalue weighted by Crippen LogP contribution is -2.72. The van der Waals surface area contributed by atoms with Gasteiger partial charge < -0.3 is 38.6 Å². The zero-order valence-corrected chi connectivity index (χ0v) is 21.5. The van der Waals surface area contributed by atoms with Crippen molar-refractivity contribution in [2.24, 2.45) is 0 Å². The van der Waals surface area contributed by atoms with Crippen molar-refractivity contribution in [1.82, 2.24) is 0 Å². The van der Waals surface area contributed by atoms with Gasteiger partial charge in [0, 0.05) is 19.2 Å². The first-order valence-electron chi connectivity index (χ1n) is 11.5. The maximum atomic E-state index is 12.2. The zero-order valence-electron chi connectivity index (χ0n) is 20.8. The number of aliphatic carboxylic acids is 1. The van der Waals surface area contributed by atoms with Crippen molar-refractivity contribution >= 4 is 17.6 Å². The Balaban J connectivity index is 1.66. The van der Waals surface area contributed by atoms with Crippen molar-refractivity contribution in [3.63, 3.8) is 0 Å². The fourth-order valence-corrected chi connectivity index (χ4v) is 4.85. The molecule has 0 bridgehead atoms. The fraction of sp³-hybridized carbons (Fsp3) is 0.500. The highest BCUT2D eigenvalue weighted by Crippen LogP contribution is 2.46. The Morgan fingerprint density at radius 1 is 1.00 bits per heavy atom. The van der Waals surface area contributed by atoms with Gasteiger partial charge in [0.1, 0.15) is 30.2 Å². The molecule has 0 aliphatic carbocycles. The molecule has 4 rings (SSSR count). The number of carboxylic acids is 1. The molecule has 0 saturated carbocycles. The second kappa shape index (κ2) is 10.3. The molecule has 0 amide bonds. The van der Waals surface area contributed by atoms with Crippen LogP contribution < -0.4 is 4.74 Å². The molecule has 0 spiro atoms. The van der Waals surface area contributed by atoms with Gasteiger partial charge in [-0.3, -0.25) is 0 Å². The van der Waals surface area contributed by atoms with E-state index in [1.54, 1.807) is 39.2 Å². The average Bonchev–Trinajstić information content (AvgIpc) is 2.87. The highest BCUT2D eigenvalue weighted by molar-refractivity contribution is 6.31. The fourth-order valence-electron chi connectivity index (χ4n) is 4.67. The maximum Gasteiger partial charge on any atom is 0.335 e. The first-order valence-corrected chi connectivity index (χ1v) is 11.9. The van der Waals surface area contributed by atoms with Crippen molar-refractivity contribution in [3.8, 4) is 5.75 Å². The molecule has 2 saturated heterocycles. The Kier molecular flexibility index (Phi) is 7.64. The van der Waals surface area contributed by atoms with Crippen LogP contribution in [0.3, 0.4) is 0 Å². The quantitative estimate of drug-likeness (QED) is 0.565. The number of carboxylic acid groups (broad SMARTS) is 1. The van der Waals surface area contributed by atoms with Crippen molar-refractivity contribution in [2.45, 2.75) is 62.4 Å². The number of aliphatic hydroxyl groups is 1. The highest BCUT2D eigenvalue weighted by Gasteiger charge is 2.63. The molecule has 2 aliphatic heterocycles. The minimum Gasteiger partial charge on any atom is -0.497 e. The number of methoxy groups -OCH3 is 3. The van der Waals surface area contributed by atoms with E-state index in [2.05, 4.69) is 0 Å². The number of benzene rings is 2. The van der Waals surface area contributed by atoms with Crippen molar-refractivity contribution in [1.29, 1.82) is 0 Å². The third-order valence-corrected chi connectivity index (χ3v) is 7.45. The van der Waals surface area contributed by atoms with Crippen LogP contribution in [0, 0.1) is 0 Å². The highest BCUT2D eigenvalue weighted by atomic mass is 35.5. The zero-order chi connectivity index (χ0) is 26.3. The molecule has 2 aromatic carbocycles. The summed E-state index contributed by atoms with van der Waals surface area (Å²) in [5, 5.41) is 21.8. The largest absolute Gasteiger partial charge is 0.497 e. The topological polar surface area (TPSA) is 113 Å². The predicted molar refractivity (Wildman–Crippen MR) is 129 cm³/mol. The van der Waals surface area contributed by atoms with Gasteiger partial charge in [-0.1, -0.05) is 35.9 Å². The molecule has 10 heteroatoms. The van der Waals surface area contributed by atoms with E-state index in [0.29, 0.717) is 17.0 Å². The minimum atomic E-state index is -1.45. The van der Waals surface area contributed by atoms with Crippen LogP contribution in [0.1, 0.15) is 36.6 Å². The first-order chi connectivity index (χ1) is 17.1. The number of fused-ring (bicyclic) bond motifs is 1. The van der Waals surface area contributed by atoms with Gasteiger partial charge in [-0.05, 0) is 55.2 Å². The Bertz CT molecular complexity index is 1090. The van der Waals surface area contributed by atoms with E-state index >= 15 is 0 Å². The normalized spacial score (nSPS) is 34.1. The summed E-state index contributed by atoms with van der Waals surface area (Å²) in [5.41, 5.74) is 2.35. The number of halogens is 1. The number of hydrogen-bond donors (Lipinski definition) is 2. The summed E-state index contributed by atoms with van der Waals surface area (Å²) in [6.45, 7) is 3.18. The second-order valence-electron chi connectivity index (χ2n) is 9.15. The first kappa shape index (κ1) is 26.8. The molecule has 0 radical (unpaired) electrons. The molecule has 2 N–H and O–H groups in total. The van der Waals surface area contributed by atoms with Crippen LogP contribution in [0.5, 0.6) is 5.75 Å². The van der Waals surface area contributed by atoms with E-state index < -0.39 is 48.1 Å². The molecule has 2 fully saturated rings. The molecule has 36 heavy (non-hydrogen) atoms. The van der Waals surface area contributed by atoms with Crippen LogP contribution in [-0.2, 0) is 34.9 Å². The maximum absolute atomic E-state index is 12.2. The van der Waals surface area contributed by atoms with Gasteiger partial charge in [-0.25, -0.2) is 4.79 Å². The average molecular weight is 523 g/mol. The predicted octanol–water partition coefficient (Wildman–Crippen LogP) is 3.33. The molecule has 2 aromatic rings. The second-order valence-corrected chi connectivity index (χ2v) is 9.55. The molecule has 9 nitrogen and oxygen atoms in total. The van der Waals surface area contributed by atoms with E-state index in [4.69, 9.17) is 40.0 Å². The Morgan fingerprint density at radius 2 is 1.61 bits per heavy atom. The van der Waals surface area contributed by atoms with Gasteiger partial charge in [0.15, 0.2) is 6.10 Å². The standard InChI is InChI=1S/C26H31ClO9/c1-25(32-4)26(2,33-5)36-22-21(35-25)19(28)20(34-23(22)24(29)30)15-8-11-18(27)16(13-15)12-14-6-9-17(31-3)10-7-14/h6-11,13,19-23,28H,12H2,1-5H3,(H,29,30)/t19-,20-,21?,22-,23?,25-,26?/m0/s1. The van der Waals surface area contributed by atoms with Gasteiger partial charge in [0.05, 0.1) is 7.11 Å². The monoisotopic (exact) mass is 522 g/mol. The lowest BCUT2D eigenvalue weighted by Gasteiger charge is -2.56. The smallest absolute Gasteiger partial charge is 0.335 e. The summed E-state index contributed by atoms with van der Waals surface area (Å²) in [6, 6.07) is 12.8. The van der Waals surface area contributed by atoms with Crippen LogP contribution in [0.15, 0.2) is 42.5 Å². The summed E-state index contributed by atoms with van der Waals surface area (Å²) < 4.78 is 34.3. The van der Waals surface area contributed by atoms with Crippen LogP contribution >= 0.6 is 11.6 Å².